The van der Waals surface area contributed by atoms with Gasteiger partial charge in [0.2, 0.25) is 0 Å². The summed E-state index contributed by atoms with van der Waals surface area (Å²) in [6.07, 6.45) is 5.09. The molecule has 3 aromatic rings. The van der Waals surface area contributed by atoms with Crippen molar-refractivity contribution in [3.63, 3.8) is 0 Å². The number of fused-ring (bicyclic) bond motifs is 1. The van der Waals surface area contributed by atoms with Gasteiger partial charge >= 0.3 is 0 Å². The number of benzene rings is 1. The van der Waals surface area contributed by atoms with Gasteiger partial charge in [0.15, 0.2) is 0 Å². The average Bonchev–Trinajstić information content (AvgIpc) is 3.06. The highest BCUT2D eigenvalue weighted by atomic mass is 32.1. The van der Waals surface area contributed by atoms with E-state index in [1.54, 1.807) is 11.3 Å². The first-order valence-electron chi connectivity index (χ1n) is 8.87. The van der Waals surface area contributed by atoms with Crippen LogP contribution in [0, 0.1) is 5.92 Å². The summed E-state index contributed by atoms with van der Waals surface area (Å²) >= 11 is 1.68. The fourth-order valence-corrected chi connectivity index (χ4v) is 4.38. The summed E-state index contributed by atoms with van der Waals surface area (Å²) in [4.78, 5) is 13.9. The minimum absolute atomic E-state index is 0.610. The number of hydrogen-bond acceptors (Lipinski definition) is 5. The first kappa shape index (κ1) is 16.6. The zero-order valence-corrected chi connectivity index (χ0v) is 15.5. The number of hydrogen-bond donors (Lipinski definition) is 0. The van der Waals surface area contributed by atoms with Gasteiger partial charge in [0, 0.05) is 55.9 Å². The smallest absolute Gasteiger partial charge is 0.0795 e. The van der Waals surface area contributed by atoms with Gasteiger partial charge in [0.1, 0.15) is 0 Å². The lowest BCUT2D eigenvalue weighted by atomic mass is 9.96. The quantitative estimate of drug-likeness (QED) is 0.721. The summed E-state index contributed by atoms with van der Waals surface area (Å²) < 4.78 is 0. The maximum Gasteiger partial charge on any atom is 0.0795 e. The molecular formula is C20H24N4S. The van der Waals surface area contributed by atoms with Crippen LogP contribution < -0.4 is 0 Å². The summed E-state index contributed by atoms with van der Waals surface area (Å²) in [6, 6.07) is 8.59. The van der Waals surface area contributed by atoms with Crippen molar-refractivity contribution < 1.29 is 0 Å². The van der Waals surface area contributed by atoms with Crippen LogP contribution in [-0.2, 0) is 13.0 Å². The summed E-state index contributed by atoms with van der Waals surface area (Å²) in [5.41, 5.74) is 4.49. The summed E-state index contributed by atoms with van der Waals surface area (Å²) in [5, 5.41) is 4.75. The number of rotatable bonds is 4. The molecule has 0 amide bonds. The van der Waals surface area contributed by atoms with Crippen molar-refractivity contribution in [3.05, 3.63) is 58.8 Å². The van der Waals surface area contributed by atoms with Gasteiger partial charge in [-0.3, -0.25) is 9.88 Å². The molecule has 1 fully saturated rings. The molecule has 3 heterocycles. The van der Waals surface area contributed by atoms with E-state index in [4.69, 9.17) is 0 Å². The third-order valence-corrected chi connectivity index (χ3v) is 5.65. The van der Waals surface area contributed by atoms with Crippen molar-refractivity contribution in [3.8, 4) is 0 Å². The second-order valence-corrected chi connectivity index (χ2v) is 7.79. The third kappa shape index (κ3) is 4.06. The monoisotopic (exact) mass is 352 g/mol. The molecule has 0 N–H and O–H groups in total. The van der Waals surface area contributed by atoms with Gasteiger partial charge in [-0.2, -0.15) is 0 Å². The highest BCUT2D eigenvalue weighted by molar-refractivity contribution is 7.07. The van der Waals surface area contributed by atoms with E-state index < -0.39 is 0 Å². The second kappa shape index (κ2) is 7.60. The summed E-state index contributed by atoms with van der Waals surface area (Å²) in [7, 11) is 2.24. The van der Waals surface area contributed by atoms with Crippen LogP contribution in [0.25, 0.3) is 10.8 Å². The lowest BCUT2D eigenvalue weighted by Gasteiger charge is -2.23. The fourth-order valence-electron chi connectivity index (χ4n) is 3.83. The van der Waals surface area contributed by atoms with E-state index in [0.717, 1.165) is 39.1 Å². The van der Waals surface area contributed by atoms with E-state index in [1.165, 1.54) is 22.0 Å². The Bertz CT molecular complexity index is 812. The van der Waals surface area contributed by atoms with E-state index in [0.29, 0.717) is 5.92 Å². The molecule has 4 rings (SSSR count). The Kier molecular flexibility index (Phi) is 5.06. The topological polar surface area (TPSA) is 32.3 Å². The number of pyridine rings is 1. The van der Waals surface area contributed by atoms with Crippen molar-refractivity contribution in [2.45, 2.75) is 13.0 Å². The highest BCUT2D eigenvalue weighted by Crippen LogP contribution is 2.22. The maximum absolute atomic E-state index is 4.46. The van der Waals surface area contributed by atoms with Gasteiger partial charge in [0.05, 0.1) is 11.2 Å². The molecule has 1 aliphatic heterocycles. The van der Waals surface area contributed by atoms with Gasteiger partial charge < -0.3 is 4.90 Å². The van der Waals surface area contributed by atoms with Crippen molar-refractivity contribution in [1.82, 2.24) is 19.8 Å². The molecule has 0 spiro atoms. The molecule has 1 saturated heterocycles. The Labute approximate surface area is 153 Å². The van der Waals surface area contributed by atoms with E-state index in [9.17, 15) is 0 Å². The second-order valence-electron chi connectivity index (χ2n) is 7.07. The van der Waals surface area contributed by atoms with Gasteiger partial charge in [-0.05, 0) is 30.3 Å². The molecule has 0 aliphatic carbocycles. The predicted octanol–water partition coefficient (Wildman–Crippen LogP) is 3.30. The lowest BCUT2D eigenvalue weighted by molar-refractivity contribution is 0.247. The van der Waals surface area contributed by atoms with Crippen LogP contribution in [0.3, 0.4) is 0 Å². The Morgan fingerprint density at radius 2 is 2.08 bits per heavy atom. The van der Waals surface area contributed by atoms with Gasteiger partial charge in [-0.15, -0.1) is 11.3 Å². The molecule has 1 aromatic carbocycles. The zero-order chi connectivity index (χ0) is 17.1. The molecule has 4 nitrogen and oxygen atoms in total. The summed E-state index contributed by atoms with van der Waals surface area (Å²) in [5.74, 6) is 0.610. The molecule has 2 aromatic heterocycles. The first-order chi connectivity index (χ1) is 12.3. The standard InChI is InChI=1S/C20H24N4S/c1-23-6-7-24(13-19-14-25-15-22-19)12-16(11-23)8-18-10-21-9-17-4-2-3-5-20(17)18/h2-5,9-10,14-16H,6-8,11-13H2,1H3/t16-/m1/s1. The van der Waals surface area contributed by atoms with E-state index in [-0.39, 0.29) is 0 Å². The molecule has 1 atom stereocenters. The van der Waals surface area contributed by atoms with Crippen LogP contribution >= 0.6 is 11.3 Å². The largest absolute Gasteiger partial charge is 0.305 e. The van der Waals surface area contributed by atoms with Crippen LogP contribution in [-0.4, -0.2) is 53.0 Å². The van der Waals surface area contributed by atoms with Gasteiger partial charge in [-0.25, -0.2) is 4.98 Å². The van der Waals surface area contributed by atoms with Crippen LogP contribution in [0.2, 0.25) is 0 Å². The minimum Gasteiger partial charge on any atom is -0.305 e. The molecule has 0 bridgehead atoms. The van der Waals surface area contributed by atoms with Crippen molar-refractivity contribution in [2.24, 2.45) is 5.92 Å². The first-order valence-corrected chi connectivity index (χ1v) is 9.82. The average molecular weight is 353 g/mol. The lowest BCUT2D eigenvalue weighted by Crippen LogP contribution is -2.30. The molecule has 0 unspecified atom stereocenters. The van der Waals surface area contributed by atoms with Gasteiger partial charge in [0.25, 0.3) is 0 Å². The number of aromatic nitrogens is 2. The number of nitrogens with zero attached hydrogens (tertiary/aromatic N) is 4. The van der Waals surface area contributed by atoms with E-state index >= 15 is 0 Å². The Hall–Kier alpha value is -1.82. The van der Waals surface area contributed by atoms with Crippen LogP contribution in [0.1, 0.15) is 11.3 Å². The Balaban J connectivity index is 1.53. The van der Waals surface area contributed by atoms with E-state index in [1.807, 2.05) is 11.7 Å². The molecule has 1 aliphatic rings. The summed E-state index contributed by atoms with van der Waals surface area (Å²) in [6.45, 7) is 5.44. The SMILES string of the molecule is CN1CCN(Cc2cscn2)C[C@H](Cc2cncc3ccccc23)C1. The Morgan fingerprint density at radius 1 is 1.16 bits per heavy atom. The highest BCUT2D eigenvalue weighted by Gasteiger charge is 2.22. The predicted molar refractivity (Wildman–Crippen MR) is 104 cm³/mol. The number of likely N-dealkylation sites (N-methyl/N-ethyl adjacent to an activating group) is 1. The van der Waals surface area contributed by atoms with Crippen molar-refractivity contribution in [2.75, 3.05) is 33.2 Å². The third-order valence-electron chi connectivity index (χ3n) is 5.01. The van der Waals surface area contributed by atoms with Crippen molar-refractivity contribution in [1.29, 1.82) is 0 Å². The van der Waals surface area contributed by atoms with Crippen LogP contribution in [0.5, 0.6) is 0 Å². The molecule has 0 saturated carbocycles. The zero-order valence-electron chi connectivity index (χ0n) is 14.6. The Morgan fingerprint density at radius 3 is 2.96 bits per heavy atom. The van der Waals surface area contributed by atoms with Gasteiger partial charge in [-0.1, -0.05) is 24.3 Å². The molecule has 130 valence electrons. The maximum atomic E-state index is 4.46. The number of thiazole rings is 1. The van der Waals surface area contributed by atoms with Crippen LogP contribution in [0.4, 0.5) is 0 Å². The normalized spacial score (nSPS) is 20.0. The van der Waals surface area contributed by atoms with Crippen LogP contribution in [0.15, 0.2) is 47.5 Å². The molecule has 0 radical (unpaired) electrons. The molecule has 5 heteroatoms. The van der Waals surface area contributed by atoms with Crippen molar-refractivity contribution >= 4 is 22.1 Å². The molecular weight excluding hydrogens is 328 g/mol. The molecule has 25 heavy (non-hydrogen) atoms. The fraction of sp³-hybridized carbons (Fsp3) is 0.400. The minimum atomic E-state index is 0.610. The van der Waals surface area contributed by atoms with E-state index in [2.05, 4.69) is 62.7 Å².